The number of hydrogen-bond acceptors (Lipinski definition) is 3. The fourth-order valence-electron chi connectivity index (χ4n) is 2.89. The van der Waals surface area contributed by atoms with Crippen LogP contribution in [0, 0.1) is 0 Å². The number of rotatable bonds is 1. The third-order valence-corrected chi connectivity index (χ3v) is 3.88. The van der Waals surface area contributed by atoms with Gasteiger partial charge in [0.25, 0.3) is 0 Å². The second-order valence-electron chi connectivity index (χ2n) is 5.04. The number of ether oxygens (including phenoxy) is 1. The molecule has 17 heavy (non-hydrogen) atoms. The summed E-state index contributed by atoms with van der Waals surface area (Å²) in [6, 6.07) is 10.7. The van der Waals surface area contributed by atoms with Gasteiger partial charge >= 0.3 is 0 Å². The molecule has 2 aliphatic rings. The van der Waals surface area contributed by atoms with E-state index in [-0.39, 0.29) is 5.60 Å². The molecule has 2 aliphatic heterocycles. The van der Waals surface area contributed by atoms with E-state index in [1.807, 2.05) is 0 Å². The van der Waals surface area contributed by atoms with Crippen molar-refractivity contribution < 1.29 is 4.74 Å². The predicted octanol–water partition coefficient (Wildman–Crippen LogP) is 1.65. The molecule has 2 saturated heterocycles. The Bertz CT molecular complexity index is 354. The molecule has 0 amide bonds. The summed E-state index contributed by atoms with van der Waals surface area (Å²) in [5.74, 6) is 0. The number of piperidine rings is 1. The standard InChI is InChI=1S/C14H20N2O/c1-2-4-13(5-3-1)16-10-11-17-14(12-16)6-8-15-9-7-14/h1-5,15H,6-12H2. The van der Waals surface area contributed by atoms with Gasteiger partial charge in [0.05, 0.1) is 12.2 Å². The van der Waals surface area contributed by atoms with E-state index in [4.69, 9.17) is 4.74 Å². The number of benzene rings is 1. The van der Waals surface area contributed by atoms with E-state index in [0.717, 1.165) is 45.6 Å². The first-order valence-corrected chi connectivity index (χ1v) is 6.53. The summed E-state index contributed by atoms with van der Waals surface area (Å²) in [6.45, 7) is 5.08. The minimum absolute atomic E-state index is 0.0966. The van der Waals surface area contributed by atoms with Crippen LogP contribution < -0.4 is 10.2 Å². The average molecular weight is 232 g/mol. The highest BCUT2D eigenvalue weighted by Crippen LogP contribution is 2.29. The van der Waals surface area contributed by atoms with E-state index in [1.54, 1.807) is 0 Å². The fourth-order valence-corrected chi connectivity index (χ4v) is 2.89. The zero-order valence-corrected chi connectivity index (χ0v) is 10.2. The van der Waals surface area contributed by atoms with E-state index in [9.17, 15) is 0 Å². The molecule has 3 rings (SSSR count). The van der Waals surface area contributed by atoms with E-state index in [2.05, 4.69) is 40.5 Å². The van der Waals surface area contributed by atoms with Crippen molar-refractivity contribution in [3.63, 3.8) is 0 Å². The van der Waals surface area contributed by atoms with E-state index in [0.29, 0.717) is 0 Å². The highest BCUT2D eigenvalue weighted by molar-refractivity contribution is 5.46. The minimum Gasteiger partial charge on any atom is -0.371 e. The molecule has 1 aromatic rings. The lowest BCUT2D eigenvalue weighted by Gasteiger charge is -2.46. The Morgan fingerprint density at radius 2 is 1.88 bits per heavy atom. The first-order chi connectivity index (χ1) is 8.38. The molecule has 0 radical (unpaired) electrons. The Kier molecular flexibility index (Phi) is 3.04. The lowest BCUT2D eigenvalue weighted by molar-refractivity contribution is -0.0738. The van der Waals surface area contributed by atoms with Crippen LogP contribution in [0.1, 0.15) is 12.8 Å². The van der Waals surface area contributed by atoms with Crippen molar-refractivity contribution in [2.24, 2.45) is 0 Å². The molecule has 0 atom stereocenters. The zero-order chi connectivity index (χ0) is 11.6. The molecule has 0 unspecified atom stereocenters. The topological polar surface area (TPSA) is 24.5 Å². The SMILES string of the molecule is c1ccc(N2CCOC3(CCNCC3)C2)cc1. The van der Waals surface area contributed by atoms with Crippen LogP contribution in [0.15, 0.2) is 30.3 Å². The van der Waals surface area contributed by atoms with Crippen LogP contribution in [0.3, 0.4) is 0 Å². The maximum absolute atomic E-state index is 6.08. The van der Waals surface area contributed by atoms with Crippen LogP contribution in [-0.4, -0.2) is 38.4 Å². The van der Waals surface area contributed by atoms with Crippen LogP contribution in [0.2, 0.25) is 0 Å². The Labute approximate surface area is 103 Å². The summed E-state index contributed by atoms with van der Waals surface area (Å²) in [5.41, 5.74) is 1.42. The third-order valence-electron chi connectivity index (χ3n) is 3.88. The Morgan fingerprint density at radius 1 is 1.12 bits per heavy atom. The number of nitrogens with one attached hydrogen (secondary N) is 1. The zero-order valence-electron chi connectivity index (χ0n) is 10.2. The van der Waals surface area contributed by atoms with Crippen molar-refractivity contribution in [3.05, 3.63) is 30.3 Å². The van der Waals surface area contributed by atoms with Gasteiger partial charge in [0, 0.05) is 18.8 Å². The van der Waals surface area contributed by atoms with Crippen LogP contribution in [-0.2, 0) is 4.74 Å². The largest absolute Gasteiger partial charge is 0.371 e. The Morgan fingerprint density at radius 3 is 2.65 bits per heavy atom. The van der Waals surface area contributed by atoms with Gasteiger partial charge in [0.2, 0.25) is 0 Å². The first-order valence-electron chi connectivity index (χ1n) is 6.53. The van der Waals surface area contributed by atoms with Crippen LogP contribution in [0.5, 0.6) is 0 Å². The van der Waals surface area contributed by atoms with Crippen molar-refractivity contribution in [1.82, 2.24) is 5.32 Å². The van der Waals surface area contributed by atoms with E-state index >= 15 is 0 Å². The van der Waals surface area contributed by atoms with Crippen molar-refractivity contribution in [1.29, 1.82) is 0 Å². The molecule has 2 fully saturated rings. The minimum atomic E-state index is 0.0966. The predicted molar refractivity (Wildman–Crippen MR) is 69.4 cm³/mol. The molecule has 0 aromatic heterocycles. The molecular weight excluding hydrogens is 212 g/mol. The van der Waals surface area contributed by atoms with Crippen molar-refractivity contribution in [2.45, 2.75) is 18.4 Å². The summed E-state index contributed by atoms with van der Waals surface area (Å²) < 4.78 is 6.08. The molecular formula is C14H20N2O. The monoisotopic (exact) mass is 232 g/mol. The molecule has 92 valence electrons. The van der Waals surface area contributed by atoms with Gasteiger partial charge in [-0.05, 0) is 38.1 Å². The van der Waals surface area contributed by atoms with E-state index in [1.165, 1.54) is 5.69 Å². The summed E-state index contributed by atoms with van der Waals surface area (Å²) in [4.78, 5) is 2.47. The van der Waals surface area contributed by atoms with Crippen LogP contribution >= 0.6 is 0 Å². The molecule has 0 bridgehead atoms. The molecule has 3 nitrogen and oxygen atoms in total. The lowest BCUT2D eigenvalue weighted by atomic mass is 9.90. The van der Waals surface area contributed by atoms with E-state index < -0.39 is 0 Å². The Balaban J connectivity index is 1.75. The highest BCUT2D eigenvalue weighted by atomic mass is 16.5. The summed E-state index contributed by atoms with van der Waals surface area (Å²) >= 11 is 0. The van der Waals surface area contributed by atoms with Gasteiger partial charge in [0.15, 0.2) is 0 Å². The first kappa shape index (κ1) is 11.1. The average Bonchev–Trinajstić information content (AvgIpc) is 2.41. The molecule has 0 aliphatic carbocycles. The molecule has 2 heterocycles. The van der Waals surface area contributed by atoms with Crippen molar-refractivity contribution >= 4 is 5.69 Å². The quantitative estimate of drug-likeness (QED) is 0.796. The van der Waals surface area contributed by atoms with Gasteiger partial charge < -0.3 is 15.0 Å². The van der Waals surface area contributed by atoms with Crippen molar-refractivity contribution in [2.75, 3.05) is 37.7 Å². The fraction of sp³-hybridized carbons (Fsp3) is 0.571. The van der Waals surface area contributed by atoms with Gasteiger partial charge in [-0.3, -0.25) is 0 Å². The van der Waals surface area contributed by atoms with Gasteiger partial charge in [-0.1, -0.05) is 18.2 Å². The number of morpholine rings is 1. The second kappa shape index (κ2) is 4.67. The number of para-hydroxylation sites is 1. The van der Waals surface area contributed by atoms with Gasteiger partial charge in [0.1, 0.15) is 0 Å². The Hall–Kier alpha value is -1.06. The summed E-state index contributed by atoms with van der Waals surface area (Å²) in [7, 11) is 0. The molecule has 0 saturated carbocycles. The number of anilines is 1. The van der Waals surface area contributed by atoms with Crippen LogP contribution in [0.25, 0.3) is 0 Å². The molecule has 1 spiro atoms. The molecule has 1 N–H and O–H groups in total. The normalized spacial score (nSPS) is 23.9. The lowest BCUT2D eigenvalue weighted by Crippen LogP contribution is -2.56. The second-order valence-corrected chi connectivity index (χ2v) is 5.04. The van der Waals surface area contributed by atoms with Gasteiger partial charge in [-0.15, -0.1) is 0 Å². The highest BCUT2D eigenvalue weighted by Gasteiger charge is 2.37. The maximum Gasteiger partial charge on any atom is 0.0881 e. The van der Waals surface area contributed by atoms with Crippen molar-refractivity contribution in [3.8, 4) is 0 Å². The molecule has 3 heteroatoms. The number of nitrogens with zero attached hydrogens (tertiary/aromatic N) is 1. The summed E-state index contributed by atoms with van der Waals surface area (Å²) in [5, 5.41) is 3.41. The third kappa shape index (κ3) is 2.31. The molecule has 1 aromatic carbocycles. The smallest absolute Gasteiger partial charge is 0.0881 e. The summed E-state index contributed by atoms with van der Waals surface area (Å²) in [6.07, 6.45) is 2.27. The maximum atomic E-state index is 6.08. The van der Waals surface area contributed by atoms with Gasteiger partial charge in [-0.25, -0.2) is 0 Å². The number of hydrogen-bond donors (Lipinski definition) is 1. The van der Waals surface area contributed by atoms with Gasteiger partial charge in [-0.2, -0.15) is 0 Å². The van der Waals surface area contributed by atoms with Crippen LogP contribution in [0.4, 0.5) is 5.69 Å².